The summed E-state index contributed by atoms with van der Waals surface area (Å²) < 4.78 is 5.02. The number of aliphatic carboxylic acids is 1. The number of carboxylic acid groups (broad SMARTS) is 1. The molecule has 0 unspecified atom stereocenters. The fraction of sp³-hybridized carbons (Fsp3) is 0.533. The second-order valence-electron chi connectivity index (χ2n) is 5.18. The molecule has 0 amide bonds. The van der Waals surface area contributed by atoms with Crippen molar-refractivity contribution in [1.82, 2.24) is 5.32 Å². The molecular weight excluding hydrogens is 242 g/mol. The molecule has 0 saturated carbocycles. The third-order valence-corrected chi connectivity index (χ3v) is 3.70. The van der Waals surface area contributed by atoms with Crippen LogP contribution in [0.2, 0.25) is 0 Å². The van der Waals surface area contributed by atoms with E-state index in [2.05, 4.69) is 36.5 Å². The van der Waals surface area contributed by atoms with Gasteiger partial charge >= 0.3 is 5.97 Å². The molecule has 104 valence electrons. The van der Waals surface area contributed by atoms with E-state index >= 15 is 0 Å². The molecule has 1 heterocycles. The van der Waals surface area contributed by atoms with Crippen LogP contribution in [-0.4, -0.2) is 37.4 Å². The second kappa shape index (κ2) is 6.17. The van der Waals surface area contributed by atoms with E-state index in [0.29, 0.717) is 19.8 Å². The zero-order valence-corrected chi connectivity index (χ0v) is 11.3. The highest BCUT2D eigenvalue weighted by Gasteiger charge is 2.45. The Balaban J connectivity index is 1.73. The van der Waals surface area contributed by atoms with Crippen molar-refractivity contribution in [3.63, 3.8) is 0 Å². The Morgan fingerprint density at radius 1 is 1.32 bits per heavy atom. The predicted molar refractivity (Wildman–Crippen MR) is 73.3 cm³/mol. The van der Waals surface area contributed by atoms with E-state index in [4.69, 9.17) is 9.84 Å². The van der Waals surface area contributed by atoms with Gasteiger partial charge in [0.2, 0.25) is 0 Å². The first-order valence-electron chi connectivity index (χ1n) is 6.76. The standard InChI is InChI=1S/C15H21NO3/c1-2-12-3-5-13(6-4-12)7-8-16-9-15(14(17)18)10-19-11-15/h3-6,16H,2,7-11H2,1H3,(H,17,18). The first kappa shape index (κ1) is 14.0. The average molecular weight is 263 g/mol. The van der Waals surface area contributed by atoms with Gasteiger partial charge in [0.15, 0.2) is 0 Å². The molecule has 1 aliphatic heterocycles. The molecule has 0 bridgehead atoms. The van der Waals surface area contributed by atoms with Crippen LogP contribution >= 0.6 is 0 Å². The zero-order chi connectivity index (χ0) is 13.7. The number of carbonyl (C=O) groups is 1. The topological polar surface area (TPSA) is 58.6 Å². The summed E-state index contributed by atoms with van der Waals surface area (Å²) in [6.07, 6.45) is 1.97. The molecule has 19 heavy (non-hydrogen) atoms. The van der Waals surface area contributed by atoms with E-state index < -0.39 is 11.4 Å². The smallest absolute Gasteiger partial charge is 0.315 e. The Bertz CT molecular complexity index is 424. The Morgan fingerprint density at radius 2 is 1.95 bits per heavy atom. The molecule has 0 atom stereocenters. The lowest BCUT2D eigenvalue weighted by molar-refractivity contribution is -0.178. The van der Waals surface area contributed by atoms with Crippen molar-refractivity contribution >= 4 is 5.97 Å². The summed E-state index contributed by atoms with van der Waals surface area (Å²) >= 11 is 0. The molecule has 1 saturated heterocycles. The maximum Gasteiger partial charge on any atom is 0.315 e. The van der Waals surface area contributed by atoms with Crippen molar-refractivity contribution in [3.05, 3.63) is 35.4 Å². The van der Waals surface area contributed by atoms with Gasteiger partial charge in [0.25, 0.3) is 0 Å². The molecule has 2 rings (SSSR count). The van der Waals surface area contributed by atoms with Gasteiger partial charge in [-0.1, -0.05) is 31.2 Å². The van der Waals surface area contributed by atoms with Crippen LogP contribution < -0.4 is 5.32 Å². The molecule has 1 aromatic carbocycles. The van der Waals surface area contributed by atoms with Gasteiger partial charge in [-0.3, -0.25) is 4.79 Å². The van der Waals surface area contributed by atoms with E-state index in [0.717, 1.165) is 19.4 Å². The van der Waals surface area contributed by atoms with E-state index in [-0.39, 0.29) is 0 Å². The van der Waals surface area contributed by atoms with Crippen molar-refractivity contribution < 1.29 is 14.6 Å². The molecule has 4 nitrogen and oxygen atoms in total. The third-order valence-electron chi connectivity index (χ3n) is 3.70. The first-order valence-corrected chi connectivity index (χ1v) is 6.76. The Labute approximate surface area is 113 Å². The number of aryl methyl sites for hydroxylation is 1. The van der Waals surface area contributed by atoms with Crippen molar-refractivity contribution in [3.8, 4) is 0 Å². The fourth-order valence-corrected chi connectivity index (χ4v) is 2.15. The van der Waals surface area contributed by atoms with Gasteiger partial charge in [-0.2, -0.15) is 0 Å². The summed E-state index contributed by atoms with van der Waals surface area (Å²) in [7, 11) is 0. The van der Waals surface area contributed by atoms with Crippen molar-refractivity contribution in [2.24, 2.45) is 5.41 Å². The quantitative estimate of drug-likeness (QED) is 0.732. The van der Waals surface area contributed by atoms with Crippen LogP contribution in [0.4, 0.5) is 0 Å². The lowest BCUT2D eigenvalue weighted by atomic mass is 9.86. The number of ether oxygens (including phenoxy) is 1. The molecule has 0 spiro atoms. The number of benzene rings is 1. The minimum atomic E-state index is -0.765. The van der Waals surface area contributed by atoms with E-state index in [9.17, 15) is 4.79 Å². The molecule has 2 N–H and O–H groups in total. The maximum absolute atomic E-state index is 11.1. The van der Waals surface area contributed by atoms with Crippen LogP contribution in [-0.2, 0) is 22.4 Å². The summed E-state index contributed by atoms with van der Waals surface area (Å²) in [6, 6.07) is 8.57. The minimum Gasteiger partial charge on any atom is -0.481 e. The van der Waals surface area contributed by atoms with Crippen LogP contribution in [0.25, 0.3) is 0 Å². The van der Waals surface area contributed by atoms with Gasteiger partial charge in [0.1, 0.15) is 5.41 Å². The summed E-state index contributed by atoms with van der Waals surface area (Å²) in [4.78, 5) is 11.1. The largest absolute Gasteiger partial charge is 0.481 e. The Hall–Kier alpha value is -1.39. The van der Waals surface area contributed by atoms with E-state index in [1.165, 1.54) is 11.1 Å². The zero-order valence-electron chi connectivity index (χ0n) is 11.3. The monoisotopic (exact) mass is 263 g/mol. The van der Waals surface area contributed by atoms with Crippen molar-refractivity contribution in [2.45, 2.75) is 19.8 Å². The van der Waals surface area contributed by atoms with Crippen molar-refractivity contribution in [2.75, 3.05) is 26.3 Å². The molecule has 0 aliphatic carbocycles. The maximum atomic E-state index is 11.1. The fourth-order valence-electron chi connectivity index (χ4n) is 2.15. The van der Waals surface area contributed by atoms with Gasteiger partial charge in [0.05, 0.1) is 13.2 Å². The van der Waals surface area contributed by atoms with Crippen LogP contribution in [0.1, 0.15) is 18.1 Å². The summed E-state index contributed by atoms with van der Waals surface area (Å²) in [5, 5.41) is 12.4. The van der Waals surface area contributed by atoms with Gasteiger partial charge in [-0.25, -0.2) is 0 Å². The number of hydrogen-bond donors (Lipinski definition) is 2. The van der Waals surface area contributed by atoms with Gasteiger partial charge in [-0.05, 0) is 30.5 Å². The van der Waals surface area contributed by atoms with Crippen LogP contribution in [0, 0.1) is 5.41 Å². The Morgan fingerprint density at radius 3 is 2.42 bits per heavy atom. The summed E-state index contributed by atoms with van der Waals surface area (Å²) in [5.74, 6) is -0.765. The third kappa shape index (κ3) is 3.33. The van der Waals surface area contributed by atoms with Gasteiger partial charge < -0.3 is 15.2 Å². The molecule has 0 aromatic heterocycles. The minimum absolute atomic E-state index is 0.320. The van der Waals surface area contributed by atoms with Crippen LogP contribution in [0.15, 0.2) is 24.3 Å². The summed E-state index contributed by atoms with van der Waals surface area (Å²) in [5.41, 5.74) is 1.92. The van der Waals surface area contributed by atoms with Crippen molar-refractivity contribution in [1.29, 1.82) is 0 Å². The van der Waals surface area contributed by atoms with Gasteiger partial charge in [-0.15, -0.1) is 0 Å². The van der Waals surface area contributed by atoms with Gasteiger partial charge in [0, 0.05) is 6.54 Å². The number of nitrogens with one attached hydrogen (secondary N) is 1. The highest BCUT2D eigenvalue weighted by atomic mass is 16.5. The number of rotatable bonds is 7. The first-order chi connectivity index (χ1) is 9.16. The molecule has 1 aromatic rings. The van der Waals surface area contributed by atoms with E-state index in [1.807, 2.05) is 0 Å². The molecular formula is C15H21NO3. The van der Waals surface area contributed by atoms with Crippen LogP contribution in [0.3, 0.4) is 0 Å². The van der Waals surface area contributed by atoms with Crippen LogP contribution in [0.5, 0.6) is 0 Å². The average Bonchev–Trinajstić information content (AvgIpc) is 2.37. The molecule has 4 heteroatoms. The summed E-state index contributed by atoms with van der Waals surface area (Å²) in [6.45, 7) is 4.06. The normalized spacial score (nSPS) is 16.9. The lowest BCUT2D eigenvalue weighted by Gasteiger charge is -2.37. The Kier molecular flexibility index (Phi) is 4.56. The highest BCUT2D eigenvalue weighted by molar-refractivity contribution is 5.76. The second-order valence-corrected chi connectivity index (χ2v) is 5.18. The highest BCUT2D eigenvalue weighted by Crippen LogP contribution is 2.26. The predicted octanol–water partition coefficient (Wildman–Crippen LogP) is 1.48. The van der Waals surface area contributed by atoms with E-state index in [1.54, 1.807) is 0 Å². The molecule has 0 radical (unpaired) electrons. The SMILES string of the molecule is CCc1ccc(CCNCC2(C(=O)O)COC2)cc1. The lowest BCUT2D eigenvalue weighted by Crippen LogP contribution is -2.55. The molecule has 1 fully saturated rings. The number of carboxylic acids is 1. The number of hydrogen-bond acceptors (Lipinski definition) is 3. The molecule has 1 aliphatic rings.